The van der Waals surface area contributed by atoms with Crippen LogP contribution in [0.4, 0.5) is 10.2 Å². The summed E-state index contributed by atoms with van der Waals surface area (Å²) in [5.74, 6) is 0.334. The predicted octanol–water partition coefficient (Wildman–Crippen LogP) is 6.12. The first-order chi connectivity index (χ1) is 33.3. The molecule has 3 aliphatic rings. The molecular formula is C43H53FN8O14P2S. The van der Waals surface area contributed by atoms with Crippen LogP contribution in [0, 0.1) is 0 Å². The van der Waals surface area contributed by atoms with Crippen molar-refractivity contribution in [3.63, 3.8) is 0 Å². The van der Waals surface area contributed by atoms with Crippen molar-refractivity contribution in [3.05, 3.63) is 105 Å². The van der Waals surface area contributed by atoms with Crippen LogP contribution < -0.4 is 32.2 Å². The van der Waals surface area contributed by atoms with Gasteiger partial charge in [0.15, 0.2) is 23.9 Å². The fourth-order valence-corrected chi connectivity index (χ4v) is 12.3. The Morgan fingerprint density at radius 3 is 2.30 bits per heavy atom. The summed E-state index contributed by atoms with van der Waals surface area (Å²) in [5, 5.41) is 0. The molecule has 0 saturated carbocycles. The van der Waals surface area contributed by atoms with Crippen molar-refractivity contribution in [1.29, 1.82) is 0 Å². The van der Waals surface area contributed by atoms with Gasteiger partial charge in [0.1, 0.15) is 54.0 Å². The number of alkyl halides is 1. The van der Waals surface area contributed by atoms with E-state index in [0.29, 0.717) is 23.5 Å². The number of aromatic nitrogens is 6. The van der Waals surface area contributed by atoms with Crippen LogP contribution in [-0.2, 0) is 42.5 Å². The summed E-state index contributed by atoms with van der Waals surface area (Å²) in [6.45, 7) is -4.44. The molecule has 3 saturated heterocycles. The van der Waals surface area contributed by atoms with Gasteiger partial charge < -0.3 is 35.3 Å². The number of hydrogen-bond donors (Lipinski definition) is 4. The maximum atomic E-state index is 16.5. The third-order valence-corrected chi connectivity index (χ3v) is 16.2. The van der Waals surface area contributed by atoms with E-state index in [0.717, 1.165) is 60.6 Å². The largest absolute Gasteiger partial charge is 0.494 e. The predicted molar refractivity (Wildman–Crippen MR) is 248 cm³/mol. The molecule has 372 valence electrons. The SMILES string of the molecule is NCCCCCCCCCCOc1ccc(C(=O)Oc2ccc(CSP3(=O)OC[C@H]4O[C@@H](n5cnc6c(N)ncnc65)[C@H](F)[C@@H]4OP(=O)(O)OC[C@H]4O[C@@H](n5ccc(=O)[nH]c5=O)C[C@@H]4O3)cc2)cc1. The number of aromatic amines is 1. The van der Waals surface area contributed by atoms with Gasteiger partial charge in [-0.1, -0.05) is 50.7 Å². The smallest absolute Gasteiger partial charge is 0.472 e. The zero-order chi connectivity index (χ0) is 48.5. The number of rotatable bonds is 18. The van der Waals surface area contributed by atoms with Crippen LogP contribution in [0.15, 0.2) is 83.0 Å². The highest BCUT2D eigenvalue weighted by molar-refractivity contribution is 8.54. The van der Waals surface area contributed by atoms with Crippen LogP contribution >= 0.6 is 26.0 Å². The number of imidazole rings is 1. The Morgan fingerprint density at radius 2 is 1.57 bits per heavy atom. The number of anilines is 1. The molecule has 0 bridgehead atoms. The van der Waals surface area contributed by atoms with Crippen molar-refractivity contribution < 1.29 is 60.3 Å². The van der Waals surface area contributed by atoms with Gasteiger partial charge in [-0.3, -0.25) is 37.0 Å². The number of nitrogens with one attached hydrogen (secondary N) is 1. The van der Waals surface area contributed by atoms with E-state index >= 15 is 4.39 Å². The van der Waals surface area contributed by atoms with E-state index in [1.54, 1.807) is 48.5 Å². The monoisotopic (exact) mass is 1020 g/mol. The van der Waals surface area contributed by atoms with Crippen LogP contribution in [0.3, 0.4) is 0 Å². The molecule has 2 unspecified atom stereocenters. The molecule has 8 rings (SSSR count). The average molecular weight is 1020 g/mol. The molecule has 5 aromatic rings. The number of halogens is 1. The van der Waals surface area contributed by atoms with Gasteiger partial charge in [-0.15, -0.1) is 0 Å². The van der Waals surface area contributed by atoms with Crippen LogP contribution in [0.1, 0.15) is 86.2 Å². The number of phosphoric ester groups is 1. The van der Waals surface area contributed by atoms with Crippen LogP contribution in [0.25, 0.3) is 11.2 Å². The third kappa shape index (κ3) is 12.9. The summed E-state index contributed by atoms with van der Waals surface area (Å²) < 4.78 is 93.4. The number of H-pyrrole nitrogens is 1. The van der Waals surface area contributed by atoms with Crippen molar-refractivity contribution in [1.82, 2.24) is 29.1 Å². The van der Waals surface area contributed by atoms with E-state index < -0.39 is 88.1 Å². The van der Waals surface area contributed by atoms with E-state index in [-0.39, 0.29) is 34.9 Å². The van der Waals surface area contributed by atoms with E-state index in [1.165, 1.54) is 42.8 Å². The summed E-state index contributed by atoms with van der Waals surface area (Å²) >= 11 is 0.758. The number of esters is 1. The van der Waals surface area contributed by atoms with Gasteiger partial charge in [-0.2, -0.15) is 0 Å². The second-order valence-electron chi connectivity index (χ2n) is 16.5. The number of ether oxygens (including phenoxy) is 4. The Hall–Kier alpha value is -4.84. The molecule has 6 N–H and O–H groups in total. The topological polar surface area (TPSA) is 296 Å². The third-order valence-electron chi connectivity index (χ3n) is 11.6. The Morgan fingerprint density at radius 1 is 0.855 bits per heavy atom. The standard InChI is InChI=1S/C43H53FN8O14P2S/c44-36-38-33(64-41(36)52-26-49-37-39(46)47-25-48-40(37)52)23-61-68(58,65-31-21-35(51-19-17-34(53)50-43(51)55)63-32(31)22-60-67(56,57)66-38)69-24-27-9-13-30(14-10-27)62-42(54)28-11-15-29(16-12-28)59-20-8-6-4-2-1-3-5-7-18-45/h9-17,19,25-26,31-33,35-36,38,41H,1-8,18,20-24,45H2,(H,56,57)(H2,46,47,48)(H,50,53,55)/t31-,32+,33+,35+,36+,38+,41+,68?/m0/s1. The number of fused-ring (bicyclic) bond motifs is 3. The van der Waals surface area contributed by atoms with Gasteiger partial charge in [-0.05, 0) is 72.7 Å². The second kappa shape index (κ2) is 22.9. The first kappa shape index (κ1) is 50.5. The van der Waals surface area contributed by atoms with Crippen molar-refractivity contribution in [3.8, 4) is 11.5 Å². The molecule has 9 atom stereocenters. The van der Waals surface area contributed by atoms with Gasteiger partial charge in [-0.25, -0.2) is 38.1 Å². The molecule has 0 spiro atoms. The molecule has 3 fully saturated rings. The number of nitrogens with two attached hydrogens (primary N) is 2. The molecular weight excluding hydrogens is 966 g/mol. The first-order valence-electron chi connectivity index (χ1n) is 22.4. The van der Waals surface area contributed by atoms with E-state index in [9.17, 15) is 28.4 Å². The summed E-state index contributed by atoms with van der Waals surface area (Å²) in [6, 6.07) is 14.2. The van der Waals surface area contributed by atoms with Crippen LogP contribution in [-0.4, -0.2) is 96.9 Å². The Bertz CT molecular complexity index is 2750. The lowest BCUT2D eigenvalue weighted by molar-refractivity contribution is -0.0612. The normalized spacial score (nSPS) is 27.3. The number of unbranched alkanes of at least 4 members (excludes halogenated alkanes) is 7. The van der Waals surface area contributed by atoms with Crippen molar-refractivity contribution in [2.45, 2.75) is 107 Å². The lowest BCUT2D eigenvalue weighted by atomic mass is 10.1. The molecule has 3 aromatic heterocycles. The summed E-state index contributed by atoms with van der Waals surface area (Å²) in [4.78, 5) is 62.7. The molecule has 0 aliphatic carbocycles. The van der Waals surface area contributed by atoms with E-state index in [1.807, 2.05) is 0 Å². The highest BCUT2D eigenvalue weighted by atomic mass is 32.7. The maximum Gasteiger partial charge on any atom is 0.472 e. The number of benzene rings is 2. The van der Waals surface area contributed by atoms with E-state index in [4.69, 9.17) is 48.5 Å². The maximum absolute atomic E-state index is 16.5. The molecule has 6 heterocycles. The number of phosphoric acid groups is 1. The van der Waals surface area contributed by atoms with Crippen molar-refractivity contribution >= 4 is 49.0 Å². The zero-order valence-corrected chi connectivity index (χ0v) is 39.8. The lowest BCUT2D eigenvalue weighted by Crippen LogP contribution is -2.35. The second-order valence-corrected chi connectivity index (χ2v) is 21.9. The lowest BCUT2D eigenvalue weighted by Gasteiger charge is -2.28. The quantitative estimate of drug-likeness (QED) is 0.0333. The zero-order valence-electron chi connectivity index (χ0n) is 37.2. The Kier molecular flexibility index (Phi) is 16.8. The van der Waals surface area contributed by atoms with Crippen molar-refractivity contribution in [2.24, 2.45) is 5.73 Å². The van der Waals surface area contributed by atoms with E-state index in [2.05, 4.69) is 19.9 Å². The fraction of sp³-hybridized carbons (Fsp3) is 0.488. The Labute approximate surface area is 398 Å². The highest BCUT2D eigenvalue weighted by Crippen LogP contribution is 2.64. The van der Waals surface area contributed by atoms with Gasteiger partial charge in [0.25, 0.3) is 5.56 Å². The molecule has 0 radical (unpaired) electrons. The Balaban J connectivity index is 0.926. The first-order valence-corrected chi connectivity index (χ1v) is 27.1. The summed E-state index contributed by atoms with van der Waals surface area (Å²) in [7, 11) is -5.10. The molecule has 3 aliphatic heterocycles. The number of hydrogen-bond acceptors (Lipinski definition) is 19. The average Bonchev–Trinajstić information content (AvgIpc) is 4.03. The summed E-state index contributed by atoms with van der Waals surface area (Å²) in [6.07, 6.45) is 1.89. The van der Waals surface area contributed by atoms with Crippen molar-refractivity contribution in [2.75, 3.05) is 32.1 Å². The molecule has 2 aromatic carbocycles. The number of nitrogen functional groups attached to an aromatic ring is 1. The minimum Gasteiger partial charge on any atom is -0.494 e. The van der Waals surface area contributed by atoms with Gasteiger partial charge in [0, 0.05) is 24.4 Å². The van der Waals surface area contributed by atoms with Gasteiger partial charge in [0.2, 0.25) is 0 Å². The molecule has 22 nitrogen and oxygen atoms in total. The highest BCUT2D eigenvalue weighted by Gasteiger charge is 2.53. The van der Waals surface area contributed by atoms with Crippen LogP contribution in [0.5, 0.6) is 11.5 Å². The number of carbonyl (C=O) groups excluding carboxylic acids is 1. The van der Waals surface area contributed by atoms with Crippen LogP contribution in [0.2, 0.25) is 0 Å². The minimum atomic E-state index is -5.10. The van der Waals surface area contributed by atoms with Gasteiger partial charge >= 0.3 is 26.3 Å². The molecule has 26 heteroatoms. The fourth-order valence-electron chi connectivity index (χ4n) is 7.96. The number of nitrogens with zero attached hydrogens (tertiary/aromatic N) is 5. The minimum absolute atomic E-state index is 0.00750. The molecule has 69 heavy (non-hydrogen) atoms. The number of carbonyl (C=O) groups is 1. The molecule has 0 amide bonds. The van der Waals surface area contributed by atoms with Gasteiger partial charge in [0.05, 0.1) is 31.7 Å². The summed E-state index contributed by atoms with van der Waals surface area (Å²) in [5.41, 5.74) is 11.2.